The van der Waals surface area contributed by atoms with Crippen LogP contribution < -0.4 is 10.5 Å². The normalized spacial score (nSPS) is 10.5. The van der Waals surface area contributed by atoms with Gasteiger partial charge in [0.2, 0.25) is 0 Å². The Labute approximate surface area is 110 Å². The molecule has 0 aliphatic heterocycles. The quantitative estimate of drug-likeness (QED) is 0.915. The minimum Gasteiger partial charge on any atom is -0.457 e. The zero-order chi connectivity index (χ0) is 13.8. The molecule has 0 saturated carbocycles. The Morgan fingerprint density at radius 1 is 1.00 bits per heavy atom. The van der Waals surface area contributed by atoms with Crippen LogP contribution in [0.1, 0.15) is 11.1 Å². The van der Waals surface area contributed by atoms with Crippen molar-refractivity contribution < 1.29 is 13.5 Å². The SMILES string of the molecule is Cc1cc(F)ccc1Oc1ccc(F)cc1CCN. The fraction of sp³-hybridized carbons (Fsp3) is 0.200. The molecule has 0 amide bonds. The van der Waals surface area contributed by atoms with Gasteiger partial charge in [0.25, 0.3) is 0 Å². The highest BCUT2D eigenvalue weighted by molar-refractivity contribution is 5.41. The van der Waals surface area contributed by atoms with Gasteiger partial charge in [-0.15, -0.1) is 0 Å². The van der Waals surface area contributed by atoms with Crippen LogP contribution in [0.4, 0.5) is 8.78 Å². The summed E-state index contributed by atoms with van der Waals surface area (Å²) in [5, 5.41) is 0. The van der Waals surface area contributed by atoms with Crippen LogP contribution in [0.25, 0.3) is 0 Å². The Bertz CT molecular complexity index is 584. The summed E-state index contributed by atoms with van der Waals surface area (Å²) in [7, 11) is 0. The van der Waals surface area contributed by atoms with Crippen LogP contribution in [0.3, 0.4) is 0 Å². The molecule has 4 heteroatoms. The van der Waals surface area contributed by atoms with Gasteiger partial charge in [-0.1, -0.05) is 0 Å². The maximum Gasteiger partial charge on any atom is 0.130 e. The van der Waals surface area contributed by atoms with E-state index in [2.05, 4.69) is 0 Å². The molecule has 19 heavy (non-hydrogen) atoms. The Kier molecular flexibility index (Phi) is 4.12. The van der Waals surface area contributed by atoms with E-state index in [9.17, 15) is 8.78 Å². The second-order valence-corrected chi connectivity index (χ2v) is 4.30. The number of rotatable bonds is 4. The third-order valence-corrected chi connectivity index (χ3v) is 2.79. The van der Waals surface area contributed by atoms with Crippen molar-refractivity contribution in [3.63, 3.8) is 0 Å². The standard InChI is InChI=1S/C15H15F2NO/c1-10-8-12(16)2-4-14(10)19-15-5-3-13(17)9-11(15)6-7-18/h2-5,8-9H,6-7,18H2,1H3. The zero-order valence-electron chi connectivity index (χ0n) is 10.6. The highest BCUT2D eigenvalue weighted by Crippen LogP contribution is 2.29. The van der Waals surface area contributed by atoms with E-state index in [1.165, 1.54) is 24.3 Å². The molecule has 0 aromatic heterocycles. The predicted molar refractivity (Wildman–Crippen MR) is 70.4 cm³/mol. The molecule has 0 atom stereocenters. The Morgan fingerprint density at radius 3 is 2.26 bits per heavy atom. The first-order valence-corrected chi connectivity index (χ1v) is 6.02. The maximum absolute atomic E-state index is 13.2. The summed E-state index contributed by atoms with van der Waals surface area (Å²) in [4.78, 5) is 0. The monoisotopic (exact) mass is 263 g/mol. The molecule has 0 unspecified atom stereocenters. The van der Waals surface area contributed by atoms with Gasteiger partial charge in [-0.25, -0.2) is 8.78 Å². The first kappa shape index (κ1) is 13.5. The van der Waals surface area contributed by atoms with Gasteiger partial charge < -0.3 is 10.5 Å². The summed E-state index contributed by atoms with van der Waals surface area (Å²) >= 11 is 0. The van der Waals surface area contributed by atoms with E-state index in [-0.39, 0.29) is 11.6 Å². The molecule has 0 aliphatic rings. The van der Waals surface area contributed by atoms with Gasteiger partial charge >= 0.3 is 0 Å². The lowest BCUT2D eigenvalue weighted by Crippen LogP contribution is -2.04. The van der Waals surface area contributed by atoms with Crippen molar-refractivity contribution in [1.29, 1.82) is 0 Å². The molecule has 2 aromatic carbocycles. The van der Waals surface area contributed by atoms with Gasteiger partial charge in [-0.2, -0.15) is 0 Å². The summed E-state index contributed by atoms with van der Waals surface area (Å²) in [6.45, 7) is 2.16. The van der Waals surface area contributed by atoms with Crippen LogP contribution in [0.5, 0.6) is 11.5 Å². The number of ether oxygens (including phenoxy) is 1. The largest absolute Gasteiger partial charge is 0.457 e. The van der Waals surface area contributed by atoms with E-state index in [1.807, 2.05) is 0 Å². The molecule has 0 radical (unpaired) electrons. The van der Waals surface area contributed by atoms with E-state index >= 15 is 0 Å². The number of halogens is 2. The lowest BCUT2D eigenvalue weighted by atomic mass is 10.1. The molecule has 2 rings (SSSR count). The van der Waals surface area contributed by atoms with Gasteiger partial charge in [-0.3, -0.25) is 0 Å². The first-order chi connectivity index (χ1) is 9.10. The number of aryl methyl sites for hydroxylation is 1. The topological polar surface area (TPSA) is 35.2 Å². The lowest BCUT2D eigenvalue weighted by Gasteiger charge is -2.12. The summed E-state index contributed by atoms with van der Waals surface area (Å²) in [6.07, 6.45) is 0.521. The molecule has 0 heterocycles. The number of hydrogen-bond acceptors (Lipinski definition) is 2. The number of benzene rings is 2. The van der Waals surface area contributed by atoms with Crippen molar-refractivity contribution >= 4 is 0 Å². The van der Waals surface area contributed by atoms with Crippen molar-refractivity contribution in [3.8, 4) is 11.5 Å². The van der Waals surface area contributed by atoms with Crippen molar-refractivity contribution in [2.45, 2.75) is 13.3 Å². The van der Waals surface area contributed by atoms with Crippen molar-refractivity contribution in [3.05, 3.63) is 59.2 Å². The molecule has 2 N–H and O–H groups in total. The van der Waals surface area contributed by atoms with Crippen LogP contribution in [0.2, 0.25) is 0 Å². The predicted octanol–water partition coefficient (Wildman–Crippen LogP) is 3.57. The van der Waals surface area contributed by atoms with E-state index < -0.39 is 0 Å². The summed E-state index contributed by atoms with van der Waals surface area (Å²) in [5.41, 5.74) is 6.88. The van der Waals surface area contributed by atoms with Crippen LogP contribution in [-0.2, 0) is 6.42 Å². The maximum atomic E-state index is 13.2. The third-order valence-electron chi connectivity index (χ3n) is 2.79. The first-order valence-electron chi connectivity index (χ1n) is 6.02. The van der Waals surface area contributed by atoms with Crippen molar-refractivity contribution in [2.24, 2.45) is 5.73 Å². The van der Waals surface area contributed by atoms with Gasteiger partial charge in [0, 0.05) is 0 Å². The molecule has 0 fully saturated rings. The minimum atomic E-state index is -0.327. The smallest absolute Gasteiger partial charge is 0.130 e. The fourth-order valence-electron chi connectivity index (χ4n) is 1.84. The fourth-order valence-corrected chi connectivity index (χ4v) is 1.84. The van der Waals surface area contributed by atoms with Gasteiger partial charge in [-0.05, 0) is 67.4 Å². The van der Waals surface area contributed by atoms with Crippen LogP contribution in [-0.4, -0.2) is 6.54 Å². The molecular weight excluding hydrogens is 248 g/mol. The average Bonchev–Trinajstić information content (AvgIpc) is 2.36. The van der Waals surface area contributed by atoms with Crippen molar-refractivity contribution in [2.75, 3.05) is 6.54 Å². The zero-order valence-corrected chi connectivity index (χ0v) is 10.6. The van der Waals surface area contributed by atoms with Crippen LogP contribution in [0, 0.1) is 18.6 Å². The molecular formula is C15H15F2NO. The highest BCUT2D eigenvalue weighted by atomic mass is 19.1. The van der Waals surface area contributed by atoms with E-state index in [1.54, 1.807) is 19.1 Å². The number of hydrogen-bond donors (Lipinski definition) is 1. The van der Waals surface area contributed by atoms with Crippen LogP contribution >= 0.6 is 0 Å². The Balaban J connectivity index is 2.32. The molecule has 0 saturated heterocycles. The minimum absolute atomic E-state index is 0.314. The Hall–Kier alpha value is -1.94. The van der Waals surface area contributed by atoms with Crippen molar-refractivity contribution in [1.82, 2.24) is 0 Å². The molecule has 0 bridgehead atoms. The molecule has 2 nitrogen and oxygen atoms in total. The Morgan fingerprint density at radius 2 is 1.63 bits per heavy atom. The molecule has 100 valence electrons. The summed E-state index contributed by atoms with van der Waals surface area (Å²) in [5.74, 6) is 0.450. The van der Waals surface area contributed by atoms with E-state index in [4.69, 9.17) is 10.5 Å². The highest BCUT2D eigenvalue weighted by Gasteiger charge is 2.08. The average molecular weight is 263 g/mol. The second-order valence-electron chi connectivity index (χ2n) is 4.30. The second kappa shape index (κ2) is 5.80. The molecule has 0 spiro atoms. The molecule has 2 aromatic rings. The lowest BCUT2D eigenvalue weighted by molar-refractivity contribution is 0.468. The van der Waals surface area contributed by atoms with Gasteiger partial charge in [0.15, 0.2) is 0 Å². The summed E-state index contributed by atoms with van der Waals surface area (Å²) < 4.78 is 31.9. The van der Waals surface area contributed by atoms with E-state index in [0.29, 0.717) is 35.6 Å². The third kappa shape index (κ3) is 3.29. The van der Waals surface area contributed by atoms with E-state index in [0.717, 1.165) is 0 Å². The number of nitrogens with two attached hydrogens (primary N) is 1. The van der Waals surface area contributed by atoms with Crippen LogP contribution in [0.15, 0.2) is 36.4 Å². The molecule has 0 aliphatic carbocycles. The van der Waals surface area contributed by atoms with Gasteiger partial charge in [0.05, 0.1) is 0 Å². The van der Waals surface area contributed by atoms with Gasteiger partial charge in [0.1, 0.15) is 23.1 Å². The summed E-state index contributed by atoms with van der Waals surface area (Å²) in [6, 6.07) is 8.56.